The molecule has 2 heterocycles. The molecule has 0 spiro atoms. The number of nitrogens with zero attached hydrogens (tertiary/aromatic N) is 1. The first kappa shape index (κ1) is 19.6. The van der Waals surface area contributed by atoms with Crippen LogP contribution in [0.5, 0.6) is 5.75 Å². The highest BCUT2D eigenvalue weighted by atomic mass is 32.2. The second-order valence-corrected chi connectivity index (χ2v) is 8.48. The number of nitrogens with two attached hydrogens (primary N) is 1. The number of phenolic OH excluding ortho intramolecular Hbond substituents is 1. The molecule has 4 rings (SSSR count). The van der Waals surface area contributed by atoms with Crippen LogP contribution in [0.1, 0.15) is 27.4 Å². The first-order valence-electron chi connectivity index (χ1n) is 9.75. The maximum atomic E-state index is 11.3. The van der Waals surface area contributed by atoms with E-state index in [2.05, 4.69) is 22.0 Å². The van der Waals surface area contributed by atoms with Crippen LogP contribution in [0.3, 0.4) is 0 Å². The van der Waals surface area contributed by atoms with Crippen molar-refractivity contribution in [3.8, 4) is 5.75 Å². The quantitative estimate of drug-likeness (QED) is 0.410. The molecule has 3 aromatic rings. The first-order valence-corrected chi connectivity index (χ1v) is 10.9. The Labute approximate surface area is 174 Å². The summed E-state index contributed by atoms with van der Waals surface area (Å²) in [6.45, 7) is 3.03. The van der Waals surface area contributed by atoms with Gasteiger partial charge in [0.25, 0.3) is 0 Å². The average molecular weight is 408 g/mol. The Hall–Kier alpha value is -2.70. The fourth-order valence-electron chi connectivity index (χ4n) is 3.74. The summed E-state index contributed by atoms with van der Waals surface area (Å²) >= 11 is 1.92. The van der Waals surface area contributed by atoms with E-state index in [1.165, 1.54) is 11.1 Å². The number of hydrogen-bond donors (Lipinski definition) is 3. The van der Waals surface area contributed by atoms with E-state index in [1.54, 1.807) is 18.2 Å². The molecule has 0 saturated heterocycles. The Morgan fingerprint density at radius 1 is 1.24 bits per heavy atom. The van der Waals surface area contributed by atoms with Gasteiger partial charge in [-0.3, -0.25) is 9.69 Å². The number of primary amides is 1. The number of carbonyl (C=O) groups is 1. The maximum absolute atomic E-state index is 11.3. The number of phenols is 1. The lowest BCUT2D eigenvalue weighted by molar-refractivity contribution is 0.100. The third-order valence-corrected chi connectivity index (χ3v) is 6.36. The largest absolute Gasteiger partial charge is 0.508 e. The first-order chi connectivity index (χ1) is 14.1. The molecule has 1 unspecified atom stereocenters. The number of amides is 1. The molecule has 1 aliphatic heterocycles. The van der Waals surface area contributed by atoms with Crippen LogP contribution < -0.4 is 5.73 Å². The Morgan fingerprint density at radius 3 is 2.86 bits per heavy atom. The van der Waals surface area contributed by atoms with Gasteiger partial charge in [-0.25, -0.2) is 0 Å². The molecule has 0 radical (unpaired) electrons. The number of aromatic hydroxyl groups is 1. The van der Waals surface area contributed by atoms with Crippen LogP contribution in [0.2, 0.25) is 0 Å². The molecule has 150 valence electrons. The summed E-state index contributed by atoms with van der Waals surface area (Å²) in [4.78, 5) is 17.0. The summed E-state index contributed by atoms with van der Waals surface area (Å²) in [7, 11) is 0. The van der Waals surface area contributed by atoms with E-state index in [1.807, 2.05) is 42.2 Å². The molecule has 6 heteroatoms. The molecular formula is C23H25N3O2S. The molecule has 4 N–H and O–H groups in total. The smallest absolute Gasteiger partial charge is 0.248 e. The van der Waals surface area contributed by atoms with Crippen molar-refractivity contribution in [3.05, 3.63) is 77.5 Å². The van der Waals surface area contributed by atoms with Crippen molar-refractivity contribution >= 4 is 28.6 Å². The number of carbonyl (C=O) groups excluding carboxylic acids is 1. The van der Waals surface area contributed by atoms with Crippen LogP contribution in [0.15, 0.2) is 60.8 Å². The van der Waals surface area contributed by atoms with E-state index < -0.39 is 5.91 Å². The number of hydrogen-bond acceptors (Lipinski definition) is 4. The molecular weight excluding hydrogens is 382 g/mol. The Morgan fingerprint density at radius 2 is 2.07 bits per heavy atom. The highest BCUT2D eigenvalue weighted by Gasteiger charge is 2.17. The fraction of sp³-hybridized carbons (Fsp3) is 0.261. The second-order valence-electron chi connectivity index (χ2n) is 7.38. The maximum Gasteiger partial charge on any atom is 0.248 e. The van der Waals surface area contributed by atoms with Gasteiger partial charge < -0.3 is 15.8 Å². The van der Waals surface area contributed by atoms with E-state index in [0.29, 0.717) is 17.2 Å². The summed E-state index contributed by atoms with van der Waals surface area (Å²) in [5.74, 6) is 2.27. The van der Waals surface area contributed by atoms with Gasteiger partial charge in [-0.1, -0.05) is 30.4 Å². The van der Waals surface area contributed by atoms with Gasteiger partial charge in [0.2, 0.25) is 5.91 Å². The number of H-pyrrole nitrogens is 1. The monoisotopic (exact) mass is 407 g/mol. The molecule has 0 fully saturated rings. The number of aromatic amines is 1. The van der Waals surface area contributed by atoms with Crippen molar-refractivity contribution in [1.82, 2.24) is 9.88 Å². The van der Waals surface area contributed by atoms with Crippen molar-refractivity contribution in [2.75, 3.05) is 25.4 Å². The predicted molar refractivity (Wildman–Crippen MR) is 119 cm³/mol. The Kier molecular flexibility index (Phi) is 5.92. The van der Waals surface area contributed by atoms with Gasteiger partial charge in [0.05, 0.1) is 0 Å². The van der Waals surface area contributed by atoms with Gasteiger partial charge in [0.1, 0.15) is 5.75 Å². The van der Waals surface area contributed by atoms with Gasteiger partial charge in [0.15, 0.2) is 0 Å². The molecule has 29 heavy (non-hydrogen) atoms. The topological polar surface area (TPSA) is 82.3 Å². The van der Waals surface area contributed by atoms with E-state index in [4.69, 9.17) is 5.73 Å². The van der Waals surface area contributed by atoms with Crippen LogP contribution in [0, 0.1) is 0 Å². The summed E-state index contributed by atoms with van der Waals surface area (Å²) in [5, 5.41) is 10.6. The third-order valence-electron chi connectivity index (χ3n) is 5.37. The van der Waals surface area contributed by atoms with Gasteiger partial charge in [-0.05, 0) is 35.4 Å². The minimum Gasteiger partial charge on any atom is -0.508 e. The van der Waals surface area contributed by atoms with Crippen LogP contribution in [0.25, 0.3) is 10.9 Å². The van der Waals surface area contributed by atoms with Crippen molar-refractivity contribution in [2.24, 2.45) is 5.73 Å². The normalized spacial score (nSPS) is 17.0. The lowest BCUT2D eigenvalue weighted by Crippen LogP contribution is -2.33. The molecule has 1 aliphatic rings. The molecule has 1 aromatic heterocycles. The van der Waals surface area contributed by atoms with Crippen molar-refractivity contribution in [3.63, 3.8) is 0 Å². The summed E-state index contributed by atoms with van der Waals surface area (Å²) in [6, 6.07) is 13.1. The zero-order valence-electron chi connectivity index (χ0n) is 16.2. The number of thioether (sulfide) groups is 1. The highest BCUT2D eigenvalue weighted by molar-refractivity contribution is 7.98. The van der Waals surface area contributed by atoms with Crippen molar-refractivity contribution in [2.45, 2.75) is 11.7 Å². The lowest BCUT2D eigenvalue weighted by Gasteiger charge is -2.29. The van der Waals surface area contributed by atoms with Gasteiger partial charge >= 0.3 is 0 Å². The van der Waals surface area contributed by atoms with Crippen LogP contribution in [0.4, 0.5) is 0 Å². The zero-order valence-corrected chi connectivity index (χ0v) is 17.0. The minimum absolute atomic E-state index is 0.310. The zero-order chi connectivity index (χ0) is 20.2. The van der Waals surface area contributed by atoms with E-state index in [9.17, 15) is 9.90 Å². The van der Waals surface area contributed by atoms with Crippen molar-refractivity contribution in [1.29, 1.82) is 0 Å². The number of aromatic nitrogens is 1. The molecule has 0 aliphatic carbocycles. The van der Waals surface area contributed by atoms with Crippen LogP contribution in [-0.4, -0.2) is 46.3 Å². The Bertz CT molecular complexity index is 1030. The second kappa shape index (κ2) is 8.76. The van der Waals surface area contributed by atoms with E-state index in [0.717, 1.165) is 42.0 Å². The highest BCUT2D eigenvalue weighted by Crippen LogP contribution is 2.26. The number of benzene rings is 2. The molecule has 1 atom stereocenters. The molecule has 0 bridgehead atoms. The molecule has 5 nitrogen and oxygen atoms in total. The van der Waals surface area contributed by atoms with Crippen LogP contribution >= 0.6 is 11.8 Å². The number of fused-ring (bicyclic) bond motifs is 1. The summed E-state index contributed by atoms with van der Waals surface area (Å²) in [5.41, 5.74) is 9.33. The fourth-order valence-corrected chi connectivity index (χ4v) is 4.73. The summed E-state index contributed by atoms with van der Waals surface area (Å²) in [6.07, 6.45) is 6.52. The number of nitrogens with one attached hydrogen (secondary N) is 1. The van der Waals surface area contributed by atoms with E-state index >= 15 is 0 Å². The minimum atomic E-state index is -0.404. The predicted octanol–water partition coefficient (Wildman–Crippen LogP) is 3.86. The lowest BCUT2D eigenvalue weighted by atomic mass is 9.96. The average Bonchev–Trinajstić information content (AvgIpc) is 3.14. The third kappa shape index (κ3) is 4.66. The number of rotatable bonds is 7. The SMILES string of the molecule is NC(=O)c1ccc2c(CSCCN3CC=CC(c4ccc(O)cc4)C3)c[nH]c2c1. The molecule has 0 saturated carbocycles. The summed E-state index contributed by atoms with van der Waals surface area (Å²) < 4.78 is 0. The van der Waals surface area contributed by atoms with Crippen molar-refractivity contribution < 1.29 is 9.90 Å². The van der Waals surface area contributed by atoms with Gasteiger partial charge in [0, 0.05) is 59.7 Å². The Balaban J connectivity index is 1.28. The molecule has 2 aromatic carbocycles. The standard InChI is InChI=1S/C23H25N3O2S/c24-23(28)17-5-8-21-19(13-25-22(21)12-17)15-29-11-10-26-9-1-2-18(14-26)16-3-6-20(27)7-4-16/h1-8,12-13,18,25,27H,9-11,14-15H2,(H2,24,28). The van der Waals surface area contributed by atoms with Crippen LogP contribution in [-0.2, 0) is 5.75 Å². The van der Waals surface area contributed by atoms with E-state index in [-0.39, 0.29) is 0 Å². The van der Waals surface area contributed by atoms with Gasteiger partial charge in [-0.15, -0.1) is 0 Å². The molecule has 1 amide bonds. The van der Waals surface area contributed by atoms with Gasteiger partial charge in [-0.2, -0.15) is 11.8 Å².